The first-order chi connectivity index (χ1) is 17.0. The minimum absolute atomic E-state index is 0.0563. The summed E-state index contributed by atoms with van der Waals surface area (Å²) in [6.45, 7) is 5.23. The third-order valence-electron chi connectivity index (χ3n) is 6.35. The Morgan fingerprint density at radius 3 is 2.80 bits per heavy atom. The van der Waals surface area contributed by atoms with Crippen molar-refractivity contribution in [1.29, 1.82) is 0 Å². The zero-order valence-electron chi connectivity index (χ0n) is 20.2. The van der Waals surface area contributed by atoms with Crippen LogP contribution in [0.3, 0.4) is 0 Å². The molecule has 1 aliphatic rings. The number of carbonyl (C=O) groups is 1. The van der Waals surface area contributed by atoms with Crippen LogP contribution in [0.4, 0.5) is 4.79 Å². The molecular weight excluding hydrogens is 466 g/mol. The smallest absolute Gasteiger partial charge is 0.317 e. The summed E-state index contributed by atoms with van der Waals surface area (Å²) in [5.74, 6) is 1.23. The molecule has 1 atom stereocenters. The Labute approximate surface area is 210 Å². The van der Waals surface area contributed by atoms with Crippen molar-refractivity contribution in [1.82, 2.24) is 25.1 Å². The lowest BCUT2D eigenvalue weighted by atomic mass is 10.1. The highest BCUT2D eigenvalue weighted by Gasteiger charge is 2.25. The van der Waals surface area contributed by atoms with Gasteiger partial charge in [0.1, 0.15) is 11.6 Å². The quantitative estimate of drug-likeness (QED) is 0.459. The van der Waals surface area contributed by atoms with Crippen molar-refractivity contribution in [3.05, 3.63) is 69.2 Å². The number of carbonyl (C=O) groups excluding carboxylic acids is 1. The molecular formula is C26H32ClN5O3. The second-order valence-electron chi connectivity index (χ2n) is 8.82. The van der Waals surface area contributed by atoms with E-state index in [1.54, 1.807) is 30.2 Å². The van der Waals surface area contributed by atoms with Crippen LogP contribution in [0.1, 0.15) is 43.6 Å². The highest BCUT2D eigenvalue weighted by atomic mass is 35.5. The normalized spacial score (nSPS) is 14.7. The Balaban J connectivity index is 1.50. The molecule has 3 aromatic rings. The van der Waals surface area contributed by atoms with Gasteiger partial charge in [0.25, 0.3) is 5.56 Å². The van der Waals surface area contributed by atoms with Gasteiger partial charge in [-0.3, -0.25) is 9.69 Å². The van der Waals surface area contributed by atoms with Crippen molar-refractivity contribution in [2.45, 2.75) is 38.8 Å². The summed E-state index contributed by atoms with van der Waals surface area (Å²) in [6, 6.07) is 12.9. The molecule has 1 saturated heterocycles. The number of nitrogens with one attached hydrogen (secondary N) is 2. The second-order valence-corrected chi connectivity index (χ2v) is 9.25. The largest absolute Gasteiger partial charge is 0.497 e. The number of likely N-dealkylation sites (tertiary alicyclic amines) is 1. The Kier molecular flexibility index (Phi) is 8.25. The lowest BCUT2D eigenvalue weighted by Gasteiger charge is -2.30. The molecule has 1 aliphatic heterocycles. The first-order valence-electron chi connectivity index (χ1n) is 12.1. The number of halogens is 1. The molecule has 0 aliphatic carbocycles. The number of hydrogen-bond donors (Lipinski definition) is 2. The molecule has 1 unspecified atom stereocenters. The topological polar surface area (TPSA) is 90.6 Å². The predicted octanol–water partition coefficient (Wildman–Crippen LogP) is 4.34. The maximum absolute atomic E-state index is 13.2. The molecule has 186 valence electrons. The number of H-pyrrole nitrogens is 1. The molecule has 0 radical (unpaired) electrons. The van der Waals surface area contributed by atoms with Crippen LogP contribution in [-0.4, -0.2) is 59.1 Å². The van der Waals surface area contributed by atoms with E-state index in [0.29, 0.717) is 34.8 Å². The van der Waals surface area contributed by atoms with Gasteiger partial charge in [-0.05, 0) is 68.2 Å². The molecule has 1 fully saturated rings. The van der Waals surface area contributed by atoms with Crippen LogP contribution >= 0.6 is 11.6 Å². The van der Waals surface area contributed by atoms with E-state index in [4.69, 9.17) is 16.3 Å². The zero-order chi connectivity index (χ0) is 24.8. The predicted molar refractivity (Wildman–Crippen MR) is 138 cm³/mol. The summed E-state index contributed by atoms with van der Waals surface area (Å²) in [5, 5.41) is 4.10. The average molecular weight is 498 g/mol. The van der Waals surface area contributed by atoms with Gasteiger partial charge >= 0.3 is 6.03 Å². The molecule has 35 heavy (non-hydrogen) atoms. The van der Waals surface area contributed by atoms with E-state index in [1.165, 1.54) is 0 Å². The fourth-order valence-electron chi connectivity index (χ4n) is 4.59. The summed E-state index contributed by atoms with van der Waals surface area (Å²) in [7, 11) is 1.66. The third-order valence-corrected chi connectivity index (χ3v) is 6.58. The number of methoxy groups -OCH3 is 1. The molecule has 0 spiro atoms. The van der Waals surface area contributed by atoms with Crippen LogP contribution in [0.15, 0.2) is 47.3 Å². The first kappa shape index (κ1) is 25.0. The summed E-state index contributed by atoms with van der Waals surface area (Å²) in [4.78, 5) is 37.2. The molecule has 0 bridgehead atoms. The van der Waals surface area contributed by atoms with E-state index in [9.17, 15) is 9.59 Å². The number of ether oxygens (including phenoxy) is 1. The molecule has 2 aromatic carbocycles. The molecule has 1 aromatic heterocycles. The van der Waals surface area contributed by atoms with Gasteiger partial charge < -0.3 is 19.9 Å². The molecule has 4 rings (SSSR count). The molecule has 8 nitrogen and oxygen atoms in total. The van der Waals surface area contributed by atoms with Gasteiger partial charge in [-0.25, -0.2) is 9.78 Å². The number of benzene rings is 2. The number of aromatic amines is 1. The van der Waals surface area contributed by atoms with Gasteiger partial charge in [-0.15, -0.1) is 0 Å². The SMILES string of the molecule is CCCN(Cc1nc2cc(Cl)ccc2c(=O)[nH]1)C(=O)NCC(c1cccc(OC)c1)N1CCCC1. The van der Waals surface area contributed by atoms with Gasteiger partial charge in [0.05, 0.1) is 30.6 Å². The zero-order valence-corrected chi connectivity index (χ0v) is 21.0. The van der Waals surface area contributed by atoms with Gasteiger partial charge in [0.2, 0.25) is 0 Å². The van der Waals surface area contributed by atoms with E-state index in [2.05, 4.69) is 26.3 Å². The van der Waals surface area contributed by atoms with E-state index in [-0.39, 0.29) is 24.2 Å². The van der Waals surface area contributed by atoms with Crippen LogP contribution in [0.5, 0.6) is 5.75 Å². The molecule has 2 amide bonds. The summed E-state index contributed by atoms with van der Waals surface area (Å²) < 4.78 is 5.42. The number of amides is 2. The molecule has 0 saturated carbocycles. The van der Waals surface area contributed by atoms with Crippen LogP contribution in [0.25, 0.3) is 10.9 Å². The molecule has 2 N–H and O–H groups in total. The maximum Gasteiger partial charge on any atom is 0.317 e. The number of fused-ring (bicyclic) bond motifs is 1. The van der Waals surface area contributed by atoms with Gasteiger partial charge in [-0.1, -0.05) is 30.7 Å². The second kappa shape index (κ2) is 11.6. The lowest BCUT2D eigenvalue weighted by Crippen LogP contribution is -2.44. The number of hydrogen-bond acceptors (Lipinski definition) is 5. The van der Waals surface area contributed by atoms with Crippen LogP contribution in [0, 0.1) is 0 Å². The van der Waals surface area contributed by atoms with E-state index in [1.807, 2.05) is 25.1 Å². The van der Waals surface area contributed by atoms with Crippen LogP contribution in [-0.2, 0) is 6.54 Å². The van der Waals surface area contributed by atoms with Crippen LogP contribution < -0.4 is 15.6 Å². The van der Waals surface area contributed by atoms with Crippen molar-refractivity contribution >= 4 is 28.5 Å². The highest BCUT2D eigenvalue weighted by Crippen LogP contribution is 2.27. The summed E-state index contributed by atoms with van der Waals surface area (Å²) in [6.07, 6.45) is 3.09. The summed E-state index contributed by atoms with van der Waals surface area (Å²) in [5.41, 5.74) is 1.39. The van der Waals surface area contributed by atoms with Crippen molar-refractivity contribution in [3.8, 4) is 5.75 Å². The fraction of sp³-hybridized carbons (Fsp3) is 0.423. The van der Waals surface area contributed by atoms with E-state index >= 15 is 0 Å². The van der Waals surface area contributed by atoms with E-state index in [0.717, 1.165) is 43.7 Å². The average Bonchev–Trinajstić information content (AvgIpc) is 3.38. The molecule has 2 heterocycles. The number of aromatic nitrogens is 2. The van der Waals surface area contributed by atoms with Gasteiger partial charge in [-0.2, -0.15) is 0 Å². The fourth-order valence-corrected chi connectivity index (χ4v) is 4.76. The van der Waals surface area contributed by atoms with Crippen molar-refractivity contribution in [2.75, 3.05) is 33.3 Å². The lowest BCUT2D eigenvalue weighted by molar-refractivity contribution is 0.184. The Morgan fingerprint density at radius 1 is 1.26 bits per heavy atom. The number of urea groups is 1. The van der Waals surface area contributed by atoms with Gasteiger partial charge in [0, 0.05) is 18.1 Å². The number of rotatable bonds is 9. The highest BCUT2D eigenvalue weighted by molar-refractivity contribution is 6.31. The van der Waals surface area contributed by atoms with Gasteiger partial charge in [0.15, 0.2) is 0 Å². The van der Waals surface area contributed by atoms with Crippen LogP contribution in [0.2, 0.25) is 5.02 Å². The van der Waals surface area contributed by atoms with Crippen molar-refractivity contribution in [2.24, 2.45) is 0 Å². The molecule has 9 heteroatoms. The minimum Gasteiger partial charge on any atom is -0.497 e. The number of nitrogens with zero attached hydrogens (tertiary/aromatic N) is 3. The van der Waals surface area contributed by atoms with E-state index < -0.39 is 0 Å². The Hall–Kier alpha value is -3.10. The monoisotopic (exact) mass is 497 g/mol. The summed E-state index contributed by atoms with van der Waals surface area (Å²) >= 11 is 6.08. The Morgan fingerprint density at radius 2 is 2.06 bits per heavy atom. The van der Waals surface area contributed by atoms with Crippen molar-refractivity contribution < 1.29 is 9.53 Å². The third kappa shape index (κ3) is 6.13. The standard InChI is InChI=1S/C26H32ClN5O3/c1-3-11-32(17-24-29-22-15-19(27)9-10-21(22)25(33)30-24)26(34)28-16-23(31-12-4-5-13-31)18-7-6-8-20(14-18)35-2/h6-10,14-15,23H,3-5,11-13,16-17H2,1-2H3,(H,28,34)(H,29,30,33). The van der Waals surface area contributed by atoms with Crippen molar-refractivity contribution in [3.63, 3.8) is 0 Å². The minimum atomic E-state index is -0.245. The Bertz CT molecular complexity index is 1230. The first-order valence-corrected chi connectivity index (χ1v) is 12.5. The maximum atomic E-state index is 13.2.